The average molecular weight is 515 g/mol. The number of carbonyl (C=O) groups is 1. The number of nitrogens with zero attached hydrogens (tertiary/aromatic N) is 2. The van der Waals surface area contributed by atoms with E-state index >= 15 is 0 Å². The van der Waals surface area contributed by atoms with Crippen molar-refractivity contribution in [3.05, 3.63) is 122 Å². The smallest absolute Gasteiger partial charge is 0.352 e. The summed E-state index contributed by atoms with van der Waals surface area (Å²) in [5.74, 6) is -0.898. The van der Waals surface area contributed by atoms with Crippen molar-refractivity contribution in [2.75, 3.05) is 12.8 Å². The Kier molecular flexibility index (Phi) is 9.68. The summed E-state index contributed by atoms with van der Waals surface area (Å²) in [7, 11) is 1.95. The number of nitrogen functional groups attached to an aromatic ring is 1. The van der Waals surface area contributed by atoms with Gasteiger partial charge in [0.2, 0.25) is 0 Å². The van der Waals surface area contributed by atoms with Crippen LogP contribution < -0.4 is 16.6 Å². The van der Waals surface area contributed by atoms with Crippen LogP contribution in [0.15, 0.2) is 71.7 Å². The minimum atomic E-state index is -0.898. The monoisotopic (exact) mass is 514 g/mol. The second-order valence-electron chi connectivity index (χ2n) is 9.53. The van der Waals surface area contributed by atoms with Gasteiger partial charge in [0.25, 0.3) is 5.56 Å². The molecule has 2 aromatic carbocycles. The number of carboxylic acids is 1. The number of hydrogen-bond donors (Lipinski definition) is 3. The van der Waals surface area contributed by atoms with Gasteiger partial charge in [-0.25, -0.2) is 4.79 Å². The van der Waals surface area contributed by atoms with E-state index in [-0.39, 0.29) is 5.56 Å². The van der Waals surface area contributed by atoms with Crippen LogP contribution in [0.25, 0.3) is 0 Å². The first kappa shape index (κ1) is 28.5. The van der Waals surface area contributed by atoms with Crippen LogP contribution in [0.5, 0.6) is 0 Å². The maximum atomic E-state index is 11.8. The molecule has 4 N–H and O–H groups in total. The summed E-state index contributed by atoms with van der Waals surface area (Å²) in [6.45, 7) is 10.2. The first-order valence-electron chi connectivity index (χ1n) is 12.8. The van der Waals surface area contributed by atoms with E-state index in [0.717, 1.165) is 34.6 Å². The minimum absolute atomic E-state index is 0.0193. The Labute approximate surface area is 224 Å². The molecule has 0 bridgehead atoms. The average Bonchev–Trinajstić information content (AvgIpc) is 3.19. The number of carboxylic acid groups (broad SMARTS) is 1. The summed E-state index contributed by atoms with van der Waals surface area (Å²) >= 11 is 0. The minimum Gasteiger partial charge on any atom is -0.477 e. The molecule has 200 valence electrons. The van der Waals surface area contributed by atoms with Crippen LogP contribution in [0.1, 0.15) is 56.5 Å². The normalized spacial score (nSPS) is 10.7. The summed E-state index contributed by atoms with van der Waals surface area (Å²) in [5, 5.41) is 12.5. The molecule has 7 nitrogen and oxygen atoms in total. The molecule has 0 unspecified atom stereocenters. The molecule has 4 rings (SSSR count). The molecule has 0 saturated heterocycles. The van der Waals surface area contributed by atoms with E-state index in [9.17, 15) is 14.7 Å². The maximum absolute atomic E-state index is 11.8. The van der Waals surface area contributed by atoms with Gasteiger partial charge in [0, 0.05) is 43.2 Å². The molecular formula is C31H38N4O3. The number of anilines is 1. The summed E-state index contributed by atoms with van der Waals surface area (Å²) in [4.78, 5) is 23.2. The fraction of sp³-hybridized carbons (Fsp3) is 0.290. The third-order valence-corrected chi connectivity index (χ3v) is 6.68. The second-order valence-corrected chi connectivity index (χ2v) is 9.53. The number of nitrogens with two attached hydrogens (primary N) is 1. The number of hydrogen-bond acceptors (Lipinski definition) is 4. The molecule has 0 atom stereocenters. The first-order valence-corrected chi connectivity index (χ1v) is 12.8. The molecule has 7 heteroatoms. The quantitative estimate of drug-likeness (QED) is 0.290. The van der Waals surface area contributed by atoms with Gasteiger partial charge >= 0.3 is 5.97 Å². The molecule has 0 saturated carbocycles. The highest BCUT2D eigenvalue weighted by Gasteiger charge is 2.16. The Morgan fingerprint density at radius 3 is 2.13 bits per heavy atom. The molecule has 0 aliphatic heterocycles. The predicted molar refractivity (Wildman–Crippen MR) is 154 cm³/mol. The van der Waals surface area contributed by atoms with Crippen molar-refractivity contribution in [1.82, 2.24) is 14.5 Å². The Morgan fingerprint density at radius 2 is 1.58 bits per heavy atom. The lowest BCUT2D eigenvalue weighted by Crippen LogP contribution is -2.18. The Morgan fingerprint density at radius 1 is 0.947 bits per heavy atom. The zero-order chi connectivity index (χ0) is 27.8. The van der Waals surface area contributed by atoms with Crippen molar-refractivity contribution >= 4 is 11.7 Å². The lowest BCUT2D eigenvalue weighted by atomic mass is 10.0. The zero-order valence-electron chi connectivity index (χ0n) is 22.9. The molecule has 0 radical (unpaired) electrons. The lowest BCUT2D eigenvalue weighted by Gasteiger charge is -2.11. The van der Waals surface area contributed by atoms with Gasteiger partial charge in [0.1, 0.15) is 5.69 Å². The van der Waals surface area contributed by atoms with Crippen molar-refractivity contribution < 1.29 is 9.90 Å². The number of pyridine rings is 1. The standard InChI is InChI=1S/C21H22N2O3.C10H16N2/c1-3-23-18(15(2)12-19(23)21(25)26)13-16-7-9-17(10-8-16)14-22-11-5-4-6-20(22)24;1-7-4-9(11)5-8(2)10(7)6-12-3/h4-12H,3,13-14H2,1-2H3,(H,25,26);4-5,12H,6,11H2,1-3H3. The molecule has 0 amide bonds. The number of aromatic nitrogens is 2. The number of rotatable bonds is 8. The van der Waals surface area contributed by atoms with E-state index < -0.39 is 5.97 Å². The van der Waals surface area contributed by atoms with Gasteiger partial charge in [-0.3, -0.25) is 4.79 Å². The summed E-state index contributed by atoms with van der Waals surface area (Å²) in [5.41, 5.74) is 14.9. The highest BCUT2D eigenvalue weighted by molar-refractivity contribution is 5.86. The Bertz CT molecular complexity index is 1430. The topological polar surface area (TPSA) is 102 Å². The number of nitrogens with one attached hydrogen (secondary N) is 1. The SMILES string of the molecule is CCn1c(C(=O)O)cc(C)c1Cc1ccc(Cn2ccccc2=O)cc1.CNCc1c(C)cc(N)cc1C. The molecule has 0 aliphatic rings. The molecule has 4 aromatic rings. The molecule has 0 aliphatic carbocycles. The molecule has 0 spiro atoms. The van der Waals surface area contributed by atoms with Crippen molar-refractivity contribution in [1.29, 1.82) is 0 Å². The Hall–Kier alpha value is -4.10. The second kappa shape index (κ2) is 12.9. The van der Waals surface area contributed by atoms with Crippen LogP contribution in [0.2, 0.25) is 0 Å². The van der Waals surface area contributed by atoms with Crippen LogP contribution in [0.3, 0.4) is 0 Å². The summed E-state index contributed by atoms with van der Waals surface area (Å²) in [6.07, 6.45) is 2.46. The number of aromatic carboxylic acids is 1. The molecule has 2 heterocycles. The van der Waals surface area contributed by atoms with Crippen LogP contribution in [-0.2, 0) is 26.1 Å². The molecule has 38 heavy (non-hydrogen) atoms. The van der Waals surface area contributed by atoms with Gasteiger partial charge in [-0.2, -0.15) is 0 Å². The third-order valence-electron chi connectivity index (χ3n) is 6.68. The molecule has 0 fully saturated rings. The largest absolute Gasteiger partial charge is 0.477 e. The van der Waals surface area contributed by atoms with Crippen LogP contribution >= 0.6 is 0 Å². The van der Waals surface area contributed by atoms with Gasteiger partial charge in [0.05, 0.1) is 6.54 Å². The van der Waals surface area contributed by atoms with Gasteiger partial charge in [0.15, 0.2) is 0 Å². The molecular weight excluding hydrogens is 476 g/mol. The van der Waals surface area contributed by atoms with Crippen LogP contribution in [0, 0.1) is 20.8 Å². The zero-order valence-corrected chi connectivity index (χ0v) is 22.9. The van der Waals surface area contributed by atoms with Gasteiger partial charge in [-0.1, -0.05) is 30.3 Å². The van der Waals surface area contributed by atoms with E-state index in [0.29, 0.717) is 25.2 Å². The molecule has 2 aromatic heterocycles. The summed E-state index contributed by atoms with van der Waals surface area (Å²) < 4.78 is 3.52. The fourth-order valence-electron chi connectivity index (χ4n) is 4.72. The van der Waals surface area contributed by atoms with E-state index in [1.54, 1.807) is 29.0 Å². The number of benzene rings is 2. The lowest BCUT2D eigenvalue weighted by molar-refractivity contribution is 0.0685. The highest BCUT2D eigenvalue weighted by Crippen LogP contribution is 2.20. The van der Waals surface area contributed by atoms with Crippen molar-refractivity contribution in [3.8, 4) is 0 Å². The van der Waals surface area contributed by atoms with E-state index in [1.807, 2.05) is 67.9 Å². The first-order chi connectivity index (χ1) is 18.1. The number of aryl methyl sites for hydroxylation is 3. The van der Waals surface area contributed by atoms with Crippen molar-refractivity contribution in [2.24, 2.45) is 0 Å². The van der Waals surface area contributed by atoms with E-state index in [2.05, 4.69) is 19.2 Å². The summed E-state index contributed by atoms with van der Waals surface area (Å²) in [6, 6.07) is 19.0. The van der Waals surface area contributed by atoms with Gasteiger partial charge < -0.3 is 25.3 Å². The highest BCUT2D eigenvalue weighted by atomic mass is 16.4. The van der Waals surface area contributed by atoms with E-state index in [4.69, 9.17) is 5.73 Å². The van der Waals surface area contributed by atoms with Crippen molar-refractivity contribution in [2.45, 2.75) is 53.8 Å². The van der Waals surface area contributed by atoms with Crippen molar-refractivity contribution in [3.63, 3.8) is 0 Å². The Balaban J connectivity index is 0.000000279. The fourth-order valence-corrected chi connectivity index (χ4v) is 4.72. The predicted octanol–water partition coefficient (Wildman–Crippen LogP) is 4.92. The van der Waals surface area contributed by atoms with E-state index in [1.165, 1.54) is 16.7 Å². The van der Waals surface area contributed by atoms with Crippen LogP contribution in [-0.4, -0.2) is 27.3 Å². The van der Waals surface area contributed by atoms with Gasteiger partial charge in [-0.15, -0.1) is 0 Å². The third kappa shape index (κ3) is 7.01. The maximum Gasteiger partial charge on any atom is 0.352 e. The van der Waals surface area contributed by atoms with Gasteiger partial charge in [-0.05, 0) is 92.4 Å². The van der Waals surface area contributed by atoms with Crippen LogP contribution in [0.4, 0.5) is 5.69 Å².